The number of imide groups is 1. The van der Waals surface area contributed by atoms with Crippen LogP contribution in [0.1, 0.15) is 59.4 Å². The first kappa shape index (κ1) is 28.0. The molecule has 0 aliphatic carbocycles. The van der Waals surface area contributed by atoms with Gasteiger partial charge in [0.05, 0.1) is 11.3 Å². The van der Waals surface area contributed by atoms with Crippen molar-refractivity contribution in [2.75, 3.05) is 24.7 Å². The van der Waals surface area contributed by atoms with Gasteiger partial charge >= 0.3 is 6.03 Å². The van der Waals surface area contributed by atoms with Crippen molar-refractivity contribution in [1.29, 1.82) is 0 Å². The van der Waals surface area contributed by atoms with Crippen LogP contribution in [-0.4, -0.2) is 53.5 Å². The first-order valence-electron chi connectivity index (χ1n) is 14.5. The number of amides is 4. The van der Waals surface area contributed by atoms with E-state index < -0.39 is 18.1 Å². The lowest BCUT2D eigenvalue weighted by molar-refractivity contribution is -0.120. The topological polar surface area (TPSA) is 94.7 Å². The third-order valence-electron chi connectivity index (χ3n) is 8.00. The molecule has 1 aromatic heterocycles. The minimum absolute atomic E-state index is 0.272. The van der Waals surface area contributed by atoms with Crippen molar-refractivity contribution in [2.45, 2.75) is 44.7 Å². The van der Waals surface area contributed by atoms with Crippen molar-refractivity contribution in [1.82, 2.24) is 15.2 Å². The number of carbonyl (C=O) groups is 3. The Hall–Kier alpha value is -4.14. The molecule has 2 aliphatic heterocycles. The molecule has 1 saturated heterocycles. The second-order valence-corrected chi connectivity index (χ2v) is 11.1. The Morgan fingerprint density at radius 2 is 1.81 bits per heavy atom. The lowest BCUT2D eigenvalue weighted by atomic mass is 9.89. The number of halogens is 1. The minimum Gasteiger partial charge on any atom is -0.381 e. The van der Waals surface area contributed by atoms with Crippen molar-refractivity contribution in [3.8, 4) is 0 Å². The van der Waals surface area contributed by atoms with E-state index in [4.69, 9.17) is 16.3 Å². The smallest absolute Gasteiger partial charge is 0.332 e. The zero-order valence-electron chi connectivity index (χ0n) is 23.4. The summed E-state index contributed by atoms with van der Waals surface area (Å²) in [7, 11) is 0. The standard InChI is InChI=1S/C33H33ClN4O4/c1-2-3-17-42-18-9-16-35-31(39)24-13-5-7-15-27(24)38-32(40)28-20-25-23-12-4-6-14-26(23)36-29(25)30(37(28)33(38)41)21-10-8-11-22(34)19-21/h4-8,10-15,19,28,30,36H,2-3,9,16-18,20H2,1H3,(H,35,39)/t28-,30+/m0/s1. The average molecular weight is 585 g/mol. The number of anilines is 1. The SMILES string of the molecule is CCCCOCCCNC(=O)c1ccccc1N1C(=O)[C@@H]2Cc3c([nH]c4ccccc34)[C@@H](c3cccc(Cl)c3)N2C1=O. The fourth-order valence-corrected chi connectivity index (χ4v) is 6.20. The van der Waals surface area contributed by atoms with Crippen LogP contribution in [0.15, 0.2) is 72.8 Å². The van der Waals surface area contributed by atoms with Crippen LogP contribution < -0.4 is 10.2 Å². The van der Waals surface area contributed by atoms with Crippen LogP contribution >= 0.6 is 11.6 Å². The third-order valence-corrected chi connectivity index (χ3v) is 8.23. The second kappa shape index (κ2) is 12.0. The number of para-hydroxylation sites is 2. The molecule has 42 heavy (non-hydrogen) atoms. The summed E-state index contributed by atoms with van der Waals surface area (Å²) < 4.78 is 5.58. The zero-order chi connectivity index (χ0) is 29.2. The summed E-state index contributed by atoms with van der Waals surface area (Å²) in [6.07, 6.45) is 3.11. The molecule has 1 fully saturated rings. The molecule has 4 amide bonds. The summed E-state index contributed by atoms with van der Waals surface area (Å²) >= 11 is 6.40. The van der Waals surface area contributed by atoms with E-state index in [1.165, 1.54) is 4.90 Å². The summed E-state index contributed by atoms with van der Waals surface area (Å²) in [4.78, 5) is 47.9. The van der Waals surface area contributed by atoms with Crippen LogP contribution in [0.2, 0.25) is 5.02 Å². The molecule has 0 unspecified atom stereocenters. The highest BCUT2D eigenvalue weighted by Crippen LogP contribution is 2.45. The van der Waals surface area contributed by atoms with Crippen LogP contribution in [0.3, 0.4) is 0 Å². The Morgan fingerprint density at radius 3 is 2.64 bits per heavy atom. The Balaban J connectivity index is 1.32. The molecule has 8 nitrogen and oxygen atoms in total. The lowest BCUT2D eigenvalue weighted by Gasteiger charge is -2.36. The molecule has 2 atom stereocenters. The monoisotopic (exact) mass is 584 g/mol. The van der Waals surface area contributed by atoms with Gasteiger partial charge in [0.2, 0.25) is 0 Å². The van der Waals surface area contributed by atoms with Crippen molar-refractivity contribution >= 4 is 46.0 Å². The minimum atomic E-state index is -0.732. The number of aromatic nitrogens is 1. The number of fused-ring (bicyclic) bond motifs is 4. The van der Waals surface area contributed by atoms with E-state index in [1.54, 1.807) is 35.2 Å². The van der Waals surface area contributed by atoms with E-state index in [0.29, 0.717) is 37.6 Å². The largest absolute Gasteiger partial charge is 0.381 e. The maximum absolute atomic E-state index is 14.2. The molecule has 9 heteroatoms. The highest BCUT2D eigenvalue weighted by atomic mass is 35.5. The molecule has 3 heterocycles. The molecule has 4 aromatic rings. The molecule has 0 saturated carbocycles. The first-order valence-corrected chi connectivity index (χ1v) is 14.8. The van der Waals surface area contributed by atoms with Gasteiger partial charge in [-0.1, -0.05) is 67.4 Å². The van der Waals surface area contributed by atoms with E-state index in [0.717, 1.165) is 40.6 Å². The Morgan fingerprint density at radius 1 is 1.02 bits per heavy atom. The molecule has 216 valence electrons. The predicted octanol–water partition coefficient (Wildman–Crippen LogP) is 6.24. The van der Waals surface area contributed by atoms with Gasteiger partial charge in [-0.2, -0.15) is 0 Å². The van der Waals surface area contributed by atoms with Gasteiger partial charge < -0.3 is 15.0 Å². The van der Waals surface area contributed by atoms with Crippen LogP contribution in [0.4, 0.5) is 10.5 Å². The summed E-state index contributed by atoms with van der Waals surface area (Å²) in [5.74, 6) is -0.695. The number of carbonyl (C=O) groups excluding carboxylic acids is 3. The van der Waals surface area contributed by atoms with Crippen LogP contribution in [0, 0.1) is 0 Å². The van der Waals surface area contributed by atoms with Crippen molar-refractivity contribution in [3.05, 3.63) is 100 Å². The predicted molar refractivity (Wildman–Crippen MR) is 163 cm³/mol. The molecule has 6 rings (SSSR count). The molecule has 0 spiro atoms. The fraction of sp³-hybridized carbons (Fsp3) is 0.303. The number of benzene rings is 3. The Labute approximate surface area is 249 Å². The number of nitrogens with one attached hydrogen (secondary N) is 2. The Kier molecular flexibility index (Phi) is 8.00. The molecule has 0 bridgehead atoms. The lowest BCUT2D eigenvalue weighted by Crippen LogP contribution is -2.44. The van der Waals surface area contributed by atoms with Gasteiger partial charge in [-0.25, -0.2) is 9.69 Å². The highest BCUT2D eigenvalue weighted by molar-refractivity contribution is 6.30. The summed E-state index contributed by atoms with van der Waals surface area (Å²) in [6.45, 7) is 3.80. The second-order valence-electron chi connectivity index (χ2n) is 10.7. The van der Waals surface area contributed by atoms with Crippen LogP contribution in [0.5, 0.6) is 0 Å². The highest BCUT2D eigenvalue weighted by Gasteiger charge is 2.53. The van der Waals surface area contributed by atoms with Crippen molar-refractivity contribution < 1.29 is 19.1 Å². The summed E-state index contributed by atoms with van der Waals surface area (Å²) in [5, 5.41) is 4.48. The van der Waals surface area contributed by atoms with Gasteiger partial charge in [0.1, 0.15) is 12.1 Å². The molecule has 2 N–H and O–H groups in total. The van der Waals surface area contributed by atoms with Gasteiger partial charge in [-0.3, -0.25) is 14.5 Å². The van der Waals surface area contributed by atoms with E-state index in [-0.39, 0.29) is 23.1 Å². The molecular weight excluding hydrogens is 552 g/mol. The zero-order valence-corrected chi connectivity index (χ0v) is 24.2. The normalized spacial score (nSPS) is 18.0. The van der Waals surface area contributed by atoms with Crippen LogP contribution in [0.25, 0.3) is 10.9 Å². The van der Waals surface area contributed by atoms with Gasteiger partial charge in [0, 0.05) is 47.8 Å². The van der Waals surface area contributed by atoms with E-state index >= 15 is 0 Å². The maximum atomic E-state index is 14.2. The first-order chi connectivity index (χ1) is 20.5. The van der Waals surface area contributed by atoms with Gasteiger partial charge in [-0.05, 0) is 54.3 Å². The number of hydrogen-bond donors (Lipinski definition) is 2. The fourth-order valence-electron chi connectivity index (χ4n) is 6.00. The third kappa shape index (κ3) is 5.05. The summed E-state index contributed by atoms with van der Waals surface area (Å²) in [6, 6.07) is 20.3. The van der Waals surface area contributed by atoms with Gasteiger partial charge in [-0.15, -0.1) is 0 Å². The molecule has 3 aromatic carbocycles. The Bertz CT molecular complexity index is 1650. The van der Waals surface area contributed by atoms with E-state index in [9.17, 15) is 14.4 Å². The molecular formula is C33H33ClN4O4. The number of H-pyrrole nitrogens is 1. The van der Waals surface area contributed by atoms with Gasteiger partial charge in [0.15, 0.2) is 0 Å². The number of aromatic amines is 1. The van der Waals surface area contributed by atoms with Crippen molar-refractivity contribution in [2.24, 2.45) is 0 Å². The van der Waals surface area contributed by atoms with Crippen LogP contribution in [-0.2, 0) is 16.0 Å². The number of ether oxygens (including phenoxy) is 1. The number of unbranched alkanes of at least 4 members (excludes halogenated alkanes) is 1. The maximum Gasteiger partial charge on any atom is 0.332 e. The van der Waals surface area contributed by atoms with Gasteiger partial charge in [0.25, 0.3) is 11.8 Å². The number of rotatable bonds is 10. The summed E-state index contributed by atoms with van der Waals surface area (Å²) in [5.41, 5.74) is 4.17. The molecule has 2 aliphatic rings. The quantitative estimate of drug-likeness (QED) is 0.170. The van der Waals surface area contributed by atoms with E-state index in [1.807, 2.05) is 42.5 Å². The van der Waals surface area contributed by atoms with E-state index in [2.05, 4.69) is 17.2 Å². The van der Waals surface area contributed by atoms with Crippen molar-refractivity contribution in [3.63, 3.8) is 0 Å². The number of urea groups is 1. The average Bonchev–Trinajstić information content (AvgIpc) is 3.49. The number of nitrogens with zero attached hydrogens (tertiary/aromatic N) is 2. The molecule has 0 radical (unpaired) electrons. The number of hydrogen-bond acceptors (Lipinski definition) is 4.